The number of hydrogen-bond donors (Lipinski definition) is 2. The lowest BCUT2D eigenvalue weighted by atomic mass is 9.94. The van der Waals surface area contributed by atoms with Crippen LogP contribution in [0, 0.1) is 0 Å². The van der Waals surface area contributed by atoms with Gasteiger partial charge in [0.1, 0.15) is 0 Å². The van der Waals surface area contributed by atoms with Gasteiger partial charge in [0.25, 0.3) is 0 Å². The van der Waals surface area contributed by atoms with E-state index in [0.29, 0.717) is 17.6 Å². The highest BCUT2D eigenvalue weighted by Crippen LogP contribution is 2.25. The zero-order valence-corrected chi connectivity index (χ0v) is 12.8. The Morgan fingerprint density at radius 2 is 1.90 bits per heavy atom. The van der Waals surface area contributed by atoms with E-state index in [9.17, 15) is 8.42 Å². The van der Waals surface area contributed by atoms with Gasteiger partial charge in [0.05, 0.1) is 4.90 Å². The van der Waals surface area contributed by atoms with Gasteiger partial charge in [-0.1, -0.05) is 24.1 Å². The minimum atomic E-state index is -3.43. The van der Waals surface area contributed by atoms with Crippen molar-refractivity contribution in [2.24, 2.45) is 0 Å². The van der Waals surface area contributed by atoms with Gasteiger partial charge >= 0.3 is 0 Å². The molecule has 6 heteroatoms. The van der Waals surface area contributed by atoms with Crippen molar-refractivity contribution in [2.75, 3.05) is 0 Å². The zero-order valence-electron chi connectivity index (χ0n) is 11.2. The summed E-state index contributed by atoms with van der Waals surface area (Å²) in [6, 6.07) is 5.68. The number of nitrogens with one attached hydrogen (secondary N) is 2. The van der Waals surface area contributed by atoms with Crippen LogP contribution in [-0.4, -0.2) is 20.5 Å². The molecule has 0 bridgehead atoms. The minimum Gasteiger partial charge on any atom is -0.310 e. The summed E-state index contributed by atoms with van der Waals surface area (Å²) in [4.78, 5) is 0.254. The Bertz CT molecular complexity index is 595. The third-order valence-corrected chi connectivity index (χ3v) is 5.79. The molecular formula is C14H19ClN2O2S. The van der Waals surface area contributed by atoms with Crippen LogP contribution in [0.3, 0.4) is 0 Å². The van der Waals surface area contributed by atoms with Crippen LogP contribution in [0.15, 0.2) is 23.1 Å². The molecule has 0 radical (unpaired) electrons. The van der Waals surface area contributed by atoms with Crippen LogP contribution in [0.5, 0.6) is 0 Å². The number of benzene rings is 1. The van der Waals surface area contributed by atoms with Crippen molar-refractivity contribution in [2.45, 2.75) is 55.6 Å². The molecule has 0 amide bonds. The molecule has 0 spiro atoms. The molecule has 3 rings (SSSR count). The van der Waals surface area contributed by atoms with Crippen LogP contribution >= 0.6 is 11.6 Å². The van der Waals surface area contributed by atoms with Crippen LogP contribution in [0.4, 0.5) is 0 Å². The second-order valence-electron chi connectivity index (χ2n) is 5.66. The van der Waals surface area contributed by atoms with E-state index in [4.69, 9.17) is 11.6 Å². The first-order chi connectivity index (χ1) is 9.54. The summed E-state index contributed by atoms with van der Waals surface area (Å²) in [6.45, 7) is 0.694. The lowest BCUT2D eigenvalue weighted by Gasteiger charge is -2.26. The predicted octanol–water partition coefficient (Wildman–Crippen LogP) is 2.42. The Balaban J connectivity index is 1.70. The summed E-state index contributed by atoms with van der Waals surface area (Å²) in [6.07, 6.45) is 5.39. The maximum Gasteiger partial charge on any atom is 0.240 e. The molecule has 2 saturated carbocycles. The van der Waals surface area contributed by atoms with Crippen molar-refractivity contribution in [3.63, 3.8) is 0 Å². The monoisotopic (exact) mass is 314 g/mol. The molecule has 1 aromatic rings. The molecule has 20 heavy (non-hydrogen) atoms. The largest absolute Gasteiger partial charge is 0.310 e. The van der Waals surface area contributed by atoms with Crippen molar-refractivity contribution < 1.29 is 8.42 Å². The number of hydrogen-bond acceptors (Lipinski definition) is 3. The first-order valence-electron chi connectivity index (χ1n) is 7.09. The fourth-order valence-electron chi connectivity index (χ4n) is 2.19. The molecular weight excluding hydrogens is 296 g/mol. The molecule has 2 aliphatic carbocycles. The van der Waals surface area contributed by atoms with Crippen molar-refractivity contribution >= 4 is 21.6 Å². The summed E-state index contributed by atoms with van der Waals surface area (Å²) in [5.74, 6) is 0. The molecule has 0 saturated heterocycles. The average molecular weight is 315 g/mol. The van der Waals surface area contributed by atoms with E-state index in [1.54, 1.807) is 18.2 Å². The van der Waals surface area contributed by atoms with Crippen LogP contribution in [-0.2, 0) is 16.6 Å². The Labute approximate surface area is 125 Å². The third kappa shape index (κ3) is 3.34. The smallest absolute Gasteiger partial charge is 0.240 e. The molecule has 2 N–H and O–H groups in total. The number of sulfonamides is 1. The quantitative estimate of drug-likeness (QED) is 0.848. The van der Waals surface area contributed by atoms with Crippen LogP contribution < -0.4 is 10.0 Å². The molecule has 0 unspecified atom stereocenters. The summed E-state index contributed by atoms with van der Waals surface area (Å²) in [7, 11) is -3.43. The summed E-state index contributed by atoms with van der Waals surface area (Å²) >= 11 is 6.19. The molecule has 0 aliphatic heterocycles. The Morgan fingerprint density at radius 1 is 1.15 bits per heavy atom. The summed E-state index contributed by atoms with van der Waals surface area (Å²) < 4.78 is 27.1. The van der Waals surface area contributed by atoms with Gasteiger partial charge in [-0.25, -0.2) is 13.1 Å². The van der Waals surface area contributed by atoms with E-state index in [-0.39, 0.29) is 10.9 Å². The van der Waals surface area contributed by atoms with Gasteiger partial charge in [0.15, 0.2) is 0 Å². The molecule has 0 atom stereocenters. The molecule has 4 nitrogen and oxygen atoms in total. The van der Waals surface area contributed by atoms with E-state index in [2.05, 4.69) is 10.0 Å². The number of halogens is 1. The summed E-state index contributed by atoms with van der Waals surface area (Å²) in [5.41, 5.74) is 0.946. The maximum atomic E-state index is 12.2. The van der Waals surface area contributed by atoms with Gasteiger partial charge in [0.2, 0.25) is 10.0 Å². The topological polar surface area (TPSA) is 58.2 Å². The van der Waals surface area contributed by atoms with Crippen LogP contribution in [0.2, 0.25) is 5.02 Å². The van der Waals surface area contributed by atoms with E-state index in [1.165, 1.54) is 12.8 Å². The van der Waals surface area contributed by atoms with Crippen molar-refractivity contribution in [1.29, 1.82) is 0 Å². The van der Waals surface area contributed by atoms with E-state index in [1.807, 2.05) is 0 Å². The fourth-order valence-corrected chi connectivity index (χ4v) is 3.84. The van der Waals surface area contributed by atoms with Crippen LogP contribution in [0.1, 0.15) is 37.7 Å². The van der Waals surface area contributed by atoms with E-state index in [0.717, 1.165) is 24.8 Å². The standard InChI is InChI=1S/C14H19ClN2O2S/c15-14-8-13(20(18,19)17-12-2-1-3-12)7-4-10(14)9-16-11-5-6-11/h4,7-8,11-12,16-17H,1-3,5-6,9H2. The third-order valence-electron chi connectivity index (χ3n) is 3.92. The average Bonchev–Trinajstić information content (AvgIpc) is 3.16. The first kappa shape index (κ1) is 14.3. The molecule has 0 heterocycles. The van der Waals surface area contributed by atoms with Gasteiger partial charge in [-0.3, -0.25) is 0 Å². The first-order valence-corrected chi connectivity index (χ1v) is 8.95. The highest BCUT2D eigenvalue weighted by atomic mass is 35.5. The van der Waals surface area contributed by atoms with E-state index < -0.39 is 10.0 Å². The van der Waals surface area contributed by atoms with Crippen molar-refractivity contribution in [3.8, 4) is 0 Å². The molecule has 0 aromatic heterocycles. The Hall–Kier alpha value is -0.620. The maximum absolute atomic E-state index is 12.2. The minimum absolute atomic E-state index is 0.0926. The Kier molecular flexibility index (Phi) is 4.04. The SMILES string of the molecule is O=S(=O)(NC1CCC1)c1ccc(CNC2CC2)c(Cl)c1. The zero-order chi connectivity index (χ0) is 14.2. The summed E-state index contributed by atoms with van der Waals surface area (Å²) in [5, 5.41) is 3.88. The van der Waals surface area contributed by atoms with Gasteiger partial charge in [-0.15, -0.1) is 0 Å². The normalized spacial score (nSPS) is 19.9. The van der Waals surface area contributed by atoms with Gasteiger partial charge in [-0.2, -0.15) is 0 Å². The predicted molar refractivity (Wildman–Crippen MR) is 79.3 cm³/mol. The number of rotatable bonds is 6. The lowest BCUT2D eigenvalue weighted by Crippen LogP contribution is -2.39. The van der Waals surface area contributed by atoms with Gasteiger partial charge in [0, 0.05) is 23.7 Å². The van der Waals surface area contributed by atoms with Crippen molar-refractivity contribution in [1.82, 2.24) is 10.0 Å². The highest BCUT2D eigenvalue weighted by Gasteiger charge is 2.25. The van der Waals surface area contributed by atoms with Gasteiger partial charge < -0.3 is 5.32 Å². The highest BCUT2D eigenvalue weighted by molar-refractivity contribution is 7.89. The van der Waals surface area contributed by atoms with E-state index >= 15 is 0 Å². The second-order valence-corrected chi connectivity index (χ2v) is 7.78. The van der Waals surface area contributed by atoms with Crippen molar-refractivity contribution in [3.05, 3.63) is 28.8 Å². The Morgan fingerprint density at radius 3 is 2.45 bits per heavy atom. The van der Waals surface area contributed by atoms with Gasteiger partial charge in [-0.05, 0) is 43.4 Å². The molecule has 1 aromatic carbocycles. The molecule has 110 valence electrons. The lowest BCUT2D eigenvalue weighted by molar-refractivity contribution is 0.383. The van der Waals surface area contributed by atoms with Crippen LogP contribution in [0.25, 0.3) is 0 Å². The fraction of sp³-hybridized carbons (Fsp3) is 0.571. The molecule has 2 fully saturated rings. The molecule has 2 aliphatic rings. The second kappa shape index (κ2) is 5.64.